The highest BCUT2D eigenvalue weighted by molar-refractivity contribution is 6.10. The Labute approximate surface area is 194 Å². The van der Waals surface area contributed by atoms with Crippen LogP contribution >= 0.6 is 0 Å². The average Bonchev–Trinajstić information content (AvgIpc) is 3.27. The minimum absolute atomic E-state index is 0.221. The molecule has 1 saturated carbocycles. The van der Waals surface area contributed by atoms with Gasteiger partial charge in [-0.2, -0.15) is 0 Å². The predicted molar refractivity (Wildman–Crippen MR) is 133 cm³/mol. The fraction of sp³-hybridized carbons (Fsp3) is 0.233. The quantitative estimate of drug-likeness (QED) is 0.291. The number of hydrogen-bond acceptors (Lipinski definition) is 2. The zero-order valence-corrected chi connectivity index (χ0v) is 17.9. The van der Waals surface area contributed by atoms with Crippen LogP contribution < -0.4 is 0 Å². The van der Waals surface area contributed by atoms with Crippen molar-refractivity contribution in [2.24, 2.45) is 0 Å². The lowest BCUT2D eigenvalue weighted by molar-refractivity contribution is 0.443. The summed E-state index contributed by atoms with van der Waals surface area (Å²) in [5.74, 6) is -0.453. The van der Waals surface area contributed by atoms with Crippen molar-refractivity contribution >= 4 is 21.9 Å². The molecule has 2 aromatic heterocycles. The third-order valence-electron chi connectivity index (χ3n) is 6.62. The third kappa shape index (κ3) is 3.40. The number of pyridine rings is 1. The third-order valence-corrected chi connectivity index (χ3v) is 6.62. The minimum Gasteiger partial charge on any atom is -0.455 e. The zero-order chi connectivity index (χ0) is 24.9. The Balaban J connectivity index is 1.37. The number of benzene rings is 3. The highest BCUT2D eigenvalue weighted by atomic mass is 16.3. The highest BCUT2D eigenvalue weighted by Gasteiger charge is 2.16. The normalized spacial score (nSPS) is 18.1. The number of furan rings is 1. The molecule has 32 heavy (non-hydrogen) atoms. The van der Waals surface area contributed by atoms with Crippen molar-refractivity contribution in [1.82, 2.24) is 4.98 Å². The Morgan fingerprint density at radius 2 is 1.72 bits per heavy atom. The maximum Gasteiger partial charge on any atom is 0.144 e. The summed E-state index contributed by atoms with van der Waals surface area (Å²) < 4.78 is 38.0. The molecule has 5 aromatic rings. The maximum absolute atomic E-state index is 8.89. The lowest BCUT2D eigenvalue weighted by atomic mass is 9.84. The molecule has 0 aliphatic heterocycles. The number of nitrogens with zero attached hydrogens (tertiary/aromatic N) is 1. The van der Waals surface area contributed by atoms with Crippen LogP contribution in [0.4, 0.5) is 0 Å². The first-order valence-corrected chi connectivity index (χ1v) is 11.3. The van der Waals surface area contributed by atoms with Gasteiger partial charge in [0.2, 0.25) is 0 Å². The summed E-state index contributed by atoms with van der Waals surface area (Å²) in [6.45, 7) is -2.18. The first kappa shape index (κ1) is 15.4. The topological polar surface area (TPSA) is 26.0 Å². The summed E-state index contributed by atoms with van der Waals surface area (Å²) in [6, 6.07) is 24.0. The van der Waals surface area contributed by atoms with Gasteiger partial charge >= 0.3 is 0 Å². The van der Waals surface area contributed by atoms with Crippen LogP contribution in [-0.4, -0.2) is 4.98 Å². The number of hydrogen-bond donors (Lipinski definition) is 0. The molecule has 1 fully saturated rings. The van der Waals surface area contributed by atoms with Crippen molar-refractivity contribution < 1.29 is 9.90 Å². The van der Waals surface area contributed by atoms with Gasteiger partial charge in [0, 0.05) is 28.0 Å². The van der Waals surface area contributed by atoms with Gasteiger partial charge in [-0.25, -0.2) is 0 Å². The van der Waals surface area contributed by atoms with Gasteiger partial charge < -0.3 is 4.42 Å². The Hall–Kier alpha value is -3.39. The van der Waals surface area contributed by atoms with Gasteiger partial charge in [0.05, 0.1) is 5.69 Å². The van der Waals surface area contributed by atoms with Crippen molar-refractivity contribution in [3.63, 3.8) is 0 Å². The molecule has 3 aromatic carbocycles. The van der Waals surface area contributed by atoms with Crippen LogP contribution in [0.25, 0.3) is 44.3 Å². The Morgan fingerprint density at radius 1 is 0.875 bits per heavy atom. The molecule has 2 nitrogen and oxygen atoms in total. The van der Waals surface area contributed by atoms with Crippen LogP contribution in [0, 0.1) is 6.85 Å². The fourth-order valence-electron chi connectivity index (χ4n) is 4.90. The summed E-state index contributed by atoms with van der Waals surface area (Å²) in [5.41, 5.74) is 6.54. The summed E-state index contributed by atoms with van der Waals surface area (Å²) in [7, 11) is 0. The van der Waals surface area contributed by atoms with E-state index in [9.17, 15) is 0 Å². The van der Waals surface area contributed by atoms with E-state index in [1.165, 1.54) is 12.6 Å². The van der Waals surface area contributed by atoms with E-state index in [0.29, 0.717) is 5.69 Å². The van der Waals surface area contributed by atoms with E-state index in [4.69, 9.17) is 9.90 Å². The van der Waals surface area contributed by atoms with Crippen molar-refractivity contribution in [3.8, 4) is 22.4 Å². The zero-order valence-electron chi connectivity index (χ0n) is 21.9. The van der Waals surface area contributed by atoms with Crippen molar-refractivity contribution in [2.75, 3.05) is 0 Å². The predicted octanol–water partition coefficient (Wildman–Crippen LogP) is 8.67. The Kier molecular flexibility index (Phi) is 3.83. The van der Waals surface area contributed by atoms with Crippen molar-refractivity contribution in [1.29, 1.82) is 0 Å². The maximum atomic E-state index is 8.89. The second-order valence-corrected chi connectivity index (χ2v) is 8.67. The molecule has 0 amide bonds. The van der Waals surface area contributed by atoms with E-state index in [-0.39, 0.29) is 5.56 Å². The van der Waals surface area contributed by atoms with Gasteiger partial charge in [-0.1, -0.05) is 67.8 Å². The molecule has 0 spiro atoms. The number of fused-ring (bicyclic) bond motifs is 3. The highest BCUT2D eigenvalue weighted by Crippen LogP contribution is 2.38. The second-order valence-electron chi connectivity index (χ2n) is 8.67. The molecular formula is C30H27NO. The first-order valence-electron chi connectivity index (χ1n) is 13.3. The molecule has 158 valence electrons. The fourth-order valence-corrected chi connectivity index (χ4v) is 4.90. The monoisotopic (exact) mass is 421 g/mol. The molecule has 1 aliphatic rings. The lowest BCUT2D eigenvalue weighted by Crippen LogP contribution is -2.04. The second kappa shape index (κ2) is 7.94. The summed E-state index contributed by atoms with van der Waals surface area (Å²) in [6.07, 6.45) is 6.80. The smallest absolute Gasteiger partial charge is 0.144 e. The van der Waals surface area contributed by atoms with Crippen LogP contribution in [0.2, 0.25) is 0 Å². The molecule has 0 unspecified atom stereocenters. The average molecular weight is 422 g/mol. The van der Waals surface area contributed by atoms with Crippen molar-refractivity contribution in [3.05, 3.63) is 90.1 Å². The molecule has 0 N–H and O–H groups in total. The number of aromatic nitrogens is 1. The molecule has 2 heteroatoms. The van der Waals surface area contributed by atoms with Crippen molar-refractivity contribution in [2.45, 2.75) is 44.8 Å². The molecule has 0 atom stereocenters. The molecule has 6 rings (SSSR count). The van der Waals surface area contributed by atoms with E-state index >= 15 is 0 Å². The van der Waals surface area contributed by atoms with E-state index in [2.05, 4.69) is 47.4 Å². The SMILES string of the molecule is [2H]C([2H])([2H])c1ccc(-c2cccc3c2oc2cc(-c4ccc(C5([2H])CCCCC5)cc4)ccc23)nc1. The lowest BCUT2D eigenvalue weighted by Gasteiger charge is -2.22. The van der Waals surface area contributed by atoms with Gasteiger partial charge in [-0.05, 0) is 72.1 Å². The van der Waals surface area contributed by atoms with Gasteiger partial charge in [0.25, 0.3) is 0 Å². The molecular weight excluding hydrogens is 390 g/mol. The number of aryl methyl sites for hydroxylation is 1. The van der Waals surface area contributed by atoms with E-state index in [0.717, 1.165) is 69.9 Å². The standard InChI is InChI=1S/C30H27NO/c1-20-10-17-28(31-19-20)27-9-5-8-26-25-16-15-24(18-29(25)32-30(26)27)23-13-11-22(12-14-23)21-6-3-2-4-7-21/h5,8-19,21H,2-4,6-7H2,1H3/i1D3,21D. The van der Waals surface area contributed by atoms with Crippen LogP contribution in [0.15, 0.2) is 83.4 Å². The molecule has 0 bridgehead atoms. The molecule has 0 radical (unpaired) electrons. The van der Waals surface area contributed by atoms with Gasteiger partial charge in [0.15, 0.2) is 0 Å². The minimum atomic E-state index is -2.18. The Bertz CT molecular complexity index is 1540. The van der Waals surface area contributed by atoms with Gasteiger partial charge in [0.1, 0.15) is 11.2 Å². The number of para-hydroxylation sites is 1. The first-order chi connectivity index (χ1) is 17.3. The van der Waals surface area contributed by atoms with Gasteiger partial charge in [-0.3, -0.25) is 4.98 Å². The van der Waals surface area contributed by atoms with Crippen LogP contribution in [0.5, 0.6) is 0 Å². The summed E-state index contributed by atoms with van der Waals surface area (Å²) in [5, 5.41) is 2.03. The van der Waals surface area contributed by atoms with E-state index < -0.39 is 12.7 Å². The Morgan fingerprint density at radius 3 is 2.50 bits per heavy atom. The summed E-state index contributed by atoms with van der Waals surface area (Å²) in [4.78, 5) is 4.42. The molecule has 0 saturated heterocycles. The van der Waals surface area contributed by atoms with E-state index in [1.807, 2.05) is 18.2 Å². The summed E-state index contributed by atoms with van der Waals surface area (Å²) >= 11 is 0. The van der Waals surface area contributed by atoms with Crippen LogP contribution in [0.3, 0.4) is 0 Å². The van der Waals surface area contributed by atoms with Crippen LogP contribution in [-0.2, 0) is 0 Å². The van der Waals surface area contributed by atoms with Crippen LogP contribution in [0.1, 0.15) is 54.6 Å². The molecule has 1 aliphatic carbocycles. The number of rotatable bonds is 3. The molecule has 2 heterocycles. The van der Waals surface area contributed by atoms with Gasteiger partial charge in [-0.15, -0.1) is 0 Å². The van der Waals surface area contributed by atoms with E-state index in [1.54, 1.807) is 12.1 Å². The largest absolute Gasteiger partial charge is 0.455 e.